The molecule has 5 heteroatoms. The topological polar surface area (TPSA) is 79.5 Å². The number of carboxylic acids is 2. The van der Waals surface area contributed by atoms with Crippen LogP contribution in [0.25, 0.3) is 5.69 Å². The van der Waals surface area contributed by atoms with Crippen molar-refractivity contribution in [2.24, 2.45) is 0 Å². The van der Waals surface area contributed by atoms with Gasteiger partial charge in [-0.1, -0.05) is 6.07 Å². The molecule has 0 radical (unpaired) electrons. The van der Waals surface area contributed by atoms with E-state index >= 15 is 0 Å². The number of nitrogens with zero attached hydrogens (tertiary/aromatic N) is 1. The first-order valence-corrected chi connectivity index (χ1v) is 6.20. The largest absolute Gasteiger partial charge is 0.481 e. The molecule has 1 aromatic carbocycles. The number of hydrogen-bond acceptors (Lipinski definition) is 2. The second kappa shape index (κ2) is 5.61. The summed E-state index contributed by atoms with van der Waals surface area (Å²) in [4.78, 5) is 21.6. The zero-order valence-electron chi connectivity index (χ0n) is 11.0. The number of aliphatic carboxylic acids is 1. The summed E-state index contributed by atoms with van der Waals surface area (Å²) in [7, 11) is 0. The zero-order chi connectivity index (χ0) is 14.7. The normalized spacial score (nSPS) is 10.4. The average Bonchev–Trinajstić information content (AvgIpc) is 2.85. The number of aromatic carboxylic acids is 1. The Balaban J connectivity index is 2.26. The number of aromatic nitrogens is 1. The highest BCUT2D eigenvalue weighted by molar-refractivity contribution is 5.90. The van der Waals surface area contributed by atoms with Crippen LogP contribution in [0.2, 0.25) is 0 Å². The van der Waals surface area contributed by atoms with Gasteiger partial charge in [0.25, 0.3) is 0 Å². The van der Waals surface area contributed by atoms with Crippen molar-refractivity contribution in [3.05, 3.63) is 53.3 Å². The molecule has 20 heavy (non-hydrogen) atoms. The van der Waals surface area contributed by atoms with Gasteiger partial charge in [0.1, 0.15) is 0 Å². The van der Waals surface area contributed by atoms with Crippen molar-refractivity contribution in [1.82, 2.24) is 4.57 Å². The first-order valence-electron chi connectivity index (χ1n) is 6.20. The van der Waals surface area contributed by atoms with Crippen LogP contribution in [-0.2, 0) is 11.2 Å². The molecule has 0 unspecified atom stereocenters. The van der Waals surface area contributed by atoms with Crippen molar-refractivity contribution < 1.29 is 19.8 Å². The fourth-order valence-electron chi connectivity index (χ4n) is 2.00. The minimum absolute atomic E-state index is 0.0816. The lowest BCUT2D eigenvalue weighted by Crippen LogP contribution is -2.02. The van der Waals surface area contributed by atoms with Gasteiger partial charge in [-0.15, -0.1) is 0 Å². The Labute approximate surface area is 116 Å². The fraction of sp³-hybridized carbons (Fsp3) is 0.200. The van der Waals surface area contributed by atoms with E-state index in [2.05, 4.69) is 0 Å². The number of benzene rings is 1. The summed E-state index contributed by atoms with van der Waals surface area (Å²) in [6.07, 6.45) is 4.16. The van der Waals surface area contributed by atoms with Crippen LogP contribution >= 0.6 is 0 Å². The van der Waals surface area contributed by atoms with Crippen LogP contribution in [0.3, 0.4) is 0 Å². The Morgan fingerprint density at radius 3 is 2.60 bits per heavy atom. The highest BCUT2D eigenvalue weighted by atomic mass is 16.4. The molecule has 0 fully saturated rings. The van der Waals surface area contributed by atoms with Gasteiger partial charge >= 0.3 is 11.9 Å². The van der Waals surface area contributed by atoms with Crippen LogP contribution in [0.1, 0.15) is 27.9 Å². The lowest BCUT2D eigenvalue weighted by molar-refractivity contribution is -0.136. The van der Waals surface area contributed by atoms with Crippen molar-refractivity contribution in [1.29, 1.82) is 0 Å². The van der Waals surface area contributed by atoms with Crippen LogP contribution in [0.15, 0.2) is 36.7 Å². The molecule has 104 valence electrons. The monoisotopic (exact) mass is 273 g/mol. The van der Waals surface area contributed by atoms with E-state index in [1.54, 1.807) is 29.8 Å². The van der Waals surface area contributed by atoms with Crippen LogP contribution in [0.4, 0.5) is 0 Å². The molecule has 2 N–H and O–H groups in total. The molecule has 0 amide bonds. The van der Waals surface area contributed by atoms with E-state index in [9.17, 15) is 9.59 Å². The summed E-state index contributed by atoms with van der Waals surface area (Å²) in [5.41, 5.74) is 2.63. The number of aryl methyl sites for hydroxylation is 2. The second-order valence-electron chi connectivity index (χ2n) is 4.63. The van der Waals surface area contributed by atoms with Gasteiger partial charge in [0.05, 0.1) is 5.56 Å². The van der Waals surface area contributed by atoms with Crippen LogP contribution in [0, 0.1) is 6.92 Å². The van der Waals surface area contributed by atoms with Crippen LogP contribution in [-0.4, -0.2) is 26.7 Å². The SMILES string of the molecule is Cc1ccc(-n2ccc(CCC(=O)O)c2)cc1C(=O)O. The van der Waals surface area contributed by atoms with Crippen molar-refractivity contribution in [3.63, 3.8) is 0 Å². The van der Waals surface area contributed by atoms with Gasteiger partial charge < -0.3 is 14.8 Å². The molecule has 0 spiro atoms. The van der Waals surface area contributed by atoms with Gasteiger partial charge in [0, 0.05) is 24.5 Å². The van der Waals surface area contributed by atoms with E-state index in [1.165, 1.54) is 0 Å². The Hall–Kier alpha value is -2.56. The Morgan fingerprint density at radius 2 is 1.95 bits per heavy atom. The van der Waals surface area contributed by atoms with Gasteiger partial charge in [-0.2, -0.15) is 0 Å². The predicted molar refractivity (Wildman–Crippen MR) is 73.4 cm³/mol. The van der Waals surface area contributed by atoms with Crippen LogP contribution in [0.5, 0.6) is 0 Å². The molecule has 0 aliphatic heterocycles. The van der Waals surface area contributed by atoms with E-state index < -0.39 is 11.9 Å². The van der Waals surface area contributed by atoms with Crippen molar-refractivity contribution >= 4 is 11.9 Å². The Bertz CT molecular complexity index is 658. The highest BCUT2D eigenvalue weighted by Gasteiger charge is 2.09. The van der Waals surface area contributed by atoms with E-state index in [-0.39, 0.29) is 12.0 Å². The van der Waals surface area contributed by atoms with E-state index in [1.807, 2.05) is 18.3 Å². The molecule has 0 aliphatic carbocycles. The molecule has 1 aromatic heterocycles. The molecule has 0 bridgehead atoms. The summed E-state index contributed by atoms with van der Waals surface area (Å²) in [5, 5.41) is 17.8. The lowest BCUT2D eigenvalue weighted by atomic mass is 10.1. The molecule has 2 aromatic rings. The molecular weight excluding hydrogens is 258 g/mol. The quantitative estimate of drug-likeness (QED) is 0.877. The number of hydrogen-bond donors (Lipinski definition) is 2. The number of carbonyl (C=O) groups is 2. The fourth-order valence-corrected chi connectivity index (χ4v) is 2.00. The number of rotatable bonds is 5. The number of carboxylic acid groups (broad SMARTS) is 2. The minimum Gasteiger partial charge on any atom is -0.481 e. The van der Waals surface area contributed by atoms with Gasteiger partial charge in [-0.25, -0.2) is 4.79 Å². The average molecular weight is 273 g/mol. The van der Waals surface area contributed by atoms with Crippen molar-refractivity contribution in [2.45, 2.75) is 19.8 Å². The van der Waals surface area contributed by atoms with Gasteiger partial charge in [0.15, 0.2) is 0 Å². The first-order chi connectivity index (χ1) is 9.47. The first kappa shape index (κ1) is 13.9. The maximum atomic E-state index is 11.1. The third-order valence-corrected chi connectivity index (χ3v) is 3.13. The minimum atomic E-state index is -0.956. The summed E-state index contributed by atoms with van der Waals surface area (Å²) in [6.45, 7) is 1.75. The third-order valence-electron chi connectivity index (χ3n) is 3.13. The van der Waals surface area contributed by atoms with Gasteiger partial charge in [-0.3, -0.25) is 4.79 Å². The van der Waals surface area contributed by atoms with Crippen molar-refractivity contribution in [2.75, 3.05) is 0 Å². The summed E-state index contributed by atoms with van der Waals surface area (Å²) in [5.74, 6) is -1.79. The second-order valence-corrected chi connectivity index (χ2v) is 4.63. The van der Waals surface area contributed by atoms with Gasteiger partial charge in [0.2, 0.25) is 0 Å². The van der Waals surface area contributed by atoms with E-state index in [0.29, 0.717) is 12.0 Å². The predicted octanol–water partition coefficient (Wildman–Crippen LogP) is 2.50. The highest BCUT2D eigenvalue weighted by Crippen LogP contribution is 2.17. The van der Waals surface area contributed by atoms with Crippen molar-refractivity contribution in [3.8, 4) is 5.69 Å². The smallest absolute Gasteiger partial charge is 0.336 e. The molecule has 0 saturated carbocycles. The van der Waals surface area contributed by atoms with E-state index in [0.717, 1.165) is 11.3 Å². The zero-order valence-corrected chi connectivity index (χ0v) is 11.0. The van der Waals surface area contributed by atoms with Crippen LogP contribution < -0.4 is 0 Å². The molecule has 2 rings (SSSR count). The maximum absolute atomic E-state index is 11.1. The molecule has 1 heterocycles. The lowest BCUT2D eigenvalue weighted by Gasteiger charge is -2.06. The molecule has 0 atom stereocenters. The molecular formula is C15H15NO4. The van der Waals surface area contributed by atoms with E-state index in [4.69, 9.17) is 10.2 Å². The van der Waals surface area contributed by atoms with Gasteiger partial charge in [-0.05, 0) is 42.7 Å². The molecule has 0 saturated heterocycles. The maximum Gasteiger partial charge on any atom is 0.336 e. The standard InChI is InChI=1S/C15H15NO4/c1-10-2-4-12(8-13(10)15(19)20)16-7-6-11(9-16)3-5-14(17)18/h2,4,6-9H,3,5H2,1H3,(H,17,18)(H,19,20). The Kier molecular flexibility index (Phi) is 3.89. The summed E-state index contributed by atoms with van der Waals surface area (Å²) < 4.78 is 1.79. The molecule has 5 nitrogen and oxygen atoms in total. The Morgan fingerprint density at radius 1 is 1.20 bits per heavy atom. The molecule has 0 aliphatic rings. The summed E-state index contributed by atoms with van der Waals surface area (Å²) >= 11 is 0. The summed E-state index contributed by atoms with van der Waals surface area (Å²) in [6, 6.07) is 7.04. The third kappa shape index (κ3) is 3.06.